The number of halogens is 1. The Morgan fingerprint density at radius 2 is 2.00 bits per heavy atom. The Bertz CT molecular complexity index is 304. The number of piperidine rings is 1. The van der Waals surface area contributed by atoms with E-state index >= 15 is 0 Å². The van der Waals surface area contributed by atoms with Crippen molar-refractivity contribution in [1.82, 2.24) is 5.32 Å². The summed E-state index contributed by atoms with van der Waals surface area (Å²) in [5.74, 6) is 0. The third-order valence-electron chi connectivity index (χ3n) is 2.84. The van der Waals surface area contributed by atoms with Gasteiger partial charge in [-0.1, -0.05) is 28.1 Å². The molecule has 1 aliphatic rings. The highest BCUT2D eigenvalue weighted by atomic mass is 79.9. The molecule has 1 atom stereocenters. The molecule has 1 nitrogen and oxygen atoms in total. The first kappa shape index (κ1) is 10.2. The van der Waals surface area contributed by atoms with Crippen LogP contribution in [0.1, 0.15) is 18.4 Å². The van der Waals surface area contributed by atoms with Crippen LogP contribution >= 0.6 is 15.9 Å². The van der Waals surface area contributed by atoms with Crippen molar-refractivity contribution in [2.24, 2.45) is 0 Å². The molecule has 2 radical (unpaired) electrons. The lowest BCUT2D eigenvalue weighted by Crippen LogP contribution is -2.43. The standard InChI is InChI=1S/C11H13BBrN/c12-11(6-1-7-14-8-11)9-2-4-10(13)5-3-9/h2-5,14H,1,6-8H2. The summed E-state index contributed by atoms with van der Waals surface area (Å²) in [6.07, 6.45) is 2.23. The highest BCUT2D eigenvalue weighted by molar-refractivity contribution is 9.10. The van der Waals surface area contributed by atoms with Crippen molar-refractivity contribution in [2.45, 2.75) is 18.2 Å². The monoisotopic (exact) mass is 249 g/mol. The van der Waals surface area contributed by atoms with Crippen molar-refractivity contribution in [2.75, 3.05) is 13.1 Å². The van der Waals surface area contributed by atoms with Gasteiger partial charge >= 0.3 is 0 Å². The van der Waals surface area contributed by atoms with Crippen molar-refractivity contribution in [3.05, 3.63) is 34.3 Å². The molecule has 1 fully saturated rings. The largest absolute Gasteiger partial charge is 0.317 e. The number of hydrogen-bond donors (Lipinski definition) is 1. The summed E-state index contributed by atoms with van der Waals surface area (Å²) >= 11 is 3.43. The van der Waals surface area contributed by atoms with Crippen molar-refractivity contribution >= 4 is 23.8 Å². The SMILES string of the molecule is [B]C1(c2ccc(Br)cc2)CCCNC1. The first-order valence-corrected chi connectivity index (χ1v) is 5.76. The zero-order chi connectivity index (χ0) is 10.0. The van der Waals surface area contributed by atoms with Crippen LogP contribution in [-0.2, 0) is 5.31 Å². The van der Waals surface area contributed by atoms with Crippen LogP contribution < -0.4 is 5.32 Å². The molecule has 0 amide bonds. The lowest BCUT2D eigenvalue weighted by molar-refractivity contribution is 0.417. The maximum absolute atomic E-state index is 6.35. The molecule has 0 aliphatic carbocycles. The maximum Gasteiger partial charge on any atom is 0.0827 e. The summed E-state index contributed by atoms with van der Waals surface area (Å²) in [4.78, 5) is 0. The Balaban J connectivity index is 2.23. The molecular weight excluding hydrogens is 237 g/mol. The summed E-state index contributed by atoms with van der Waals surface area (Å²) in [6, 6.07) is 8.32. The van der Waals surface area contributed by atoms with Crippen LogP contribution in [0, 0.1) is 0 Å². The van der Waals surface area contributed by atoms with E-state index in [-0.39, 0.29) is 5.31 Å². The molecule has 0 bridgehead atoms. The van der Waals surface area contributed by atoms with E-state index in [4.69, 9.17) is 7.85 Å². The van der Waals surface area contributed by atoms with Gasteiger partial charge in [0.05, 0.1) is 7.85 Å². The minimum Gasteiger partial charge on any atom is -0.317 e. The van der Waals surface area contributed by atoms with E-state index in [1.165, 1.54) is 5.56 Å². The average molecular weight is 250 g/mol. The van der Waals surface area contributed by atoms with Gasteiger partial charge in [-0.2, -0.15) is 0 Å². The van der Waals surface area contributed by atoms with E-state index in [0.29, 0.717) is 0 Å². The Morgan fingerprint density at radius 3 is 2.57 bits per heavy atom. The first-order valence-electron chi connectivity index (χ1n) is 4.96. The normalized spacial score (nSPS) is 27.5. The highest BCUT2D eigenvalue weighted by Crippen LogP contribution is 2.28. The van der Waals surface area contributed by atoms with Crippen molar-refractivity contribution in [1.29, 1.82) is 0 Å². The van der Waals surface area contributed by atoms with Crippen LogP contribution in [0.15, 0.2) is 28.7 Å². The van der Waals surface area contributed by atoms with Crippen molar-refractivity contribution in [3.63, 3.8) is 0 Å². The van der Waals surface area contributed by atoms with Crippen LogP contribution in [-0.4, -0.2) is 20.9 Å². The third kappa shape index (κ3) is 2.04. The second-order valence-electron chi connectivity index (χ2n) is 3.94. The Hall–Kier alpha value is -0.275. The van der Waals surface area contributed by atoms with E-state index in [0.717, 1.165) is 30.4 Å². The van der Waals surface area contributed by atoms with Crippen LogP contribution in [0.4, 0.5) is 0 Å². The number of hydrogen-bond acceptors (Lipinski definition) is 1. The summed E-state index contributed by atoms with van der Waals surface area (Å²) in [5.41, 5.74) is 1.23. The molecule has 72 valence electrons. The molecule has 3 heteroatoms. The number of rotatable bonds is 1. The average Bonchev–Trinajstić information content (AvgIpc) is 2.19. The molecular formula is C11H13BBrN. The van der Waals surface area contributed by atoms with Crippen LogP contribution in [0.25, 0.3) is 0 Å². The zero-order valence-corrected chi connectivity index (χ0v) is 9.68. The predicted molar refractivity (Wildman–Crippen MR) is 63.7 cm³/mol. The van der Waals surface area contributed by atoms with Gasteiger partial charge in [-0.05, 0) is 48.9 Å². The Labute approximate surface area is 94.8 Å². The molecule has 0 aromatic heterocycles. The summed E-state index contributed by atoms with van der Waals surface area (Å²) < 4.78 is 1.11. The molecule has 0 spiro atoms. The Kier molecular flexibility index (Phi) is 2.98. The van der Waals surface area contributed by atoms with Crippen LogP contribution in [0.5, 0.6) is 0 Å². The molecule has 2 rings (SSSR count). The lowest BCUT2D eigenvalue weighted by Gasteiger charge is -2.35. The van der Waals surface area contributed by atoms with Gasteiger partial charge in [0.1, 0.15) is 0 Å². The number of benzene rings is 1. The van der Waals surface area contributed by atoms with Gasteiger partial charge in [0, 0.05) is 4.47 Å². The molecule has 1 N–H and O–H groups in total. The fourth-order valence-electron chi connectivity index (χ4n) is 1.96. The second kappa shape index (κ2) is 4.07. The summed E-state index contributed by atoms with van der Waals surface area (Å²) in [7, 11) is 6.35. The summed E-state index contributed by atoms with van der Waals surface area (Å²) in [6.45, 7) is 1.98. The predicted octanol–water partition coefficient (Wildman–Crippen LogP) is 2.20. The van der Waals surface area contributed by atoms with Crippen LogP contribution in [0.3, 0.4) is 0 Å². The highest BCUT2D eigenvalue weighted by Gasteiger charge is 2.27. The lowest BCUT2D eigenvalue weighted by atomic mass is 9.60. The molecule has 1 aliphatic heterocycles. The van der Waals surface area contributed by atoms with Crippen molar-refractivity contribution < 1.29 is 0 Å². The van der Waals surface area contributed by atoms with Crippen LogP contribution in [0.2, 0.25) is 0 Å². The second-order valence-corrected chi connectivity index (χ2v) is 4.86. The molecule has 1 saturated heterocycles. The molecule has 0 saturated carbocycles. The van der Waals surface area contributed by atoms with Gasteiger partial charge in [-0.15, -0.1) is 0 Å². The van der Waals surface area contributed by atoms with E-state index in [1.54, 1.807) is 0 Å². The zero-order valence-electron chi connectivity index (χ0n) is 8.09. The van der Waals surface area contributed by atoms with Gasteiger partial charge in [0.2, 0.25) is 0 Å². The summed E-state index contributed by atoms with van der Waals surface area (Å²) in [5, 5.41) is 3.18. The fourth-order valence-corrected chi connectivity index (χ4v) is 2.22. The quantitative estimate of drug-likeness (QED) is 0.753. The first-order chi connectivity index (χ1) is 6.71. The van der Waals surface area contributed by atoms with Gasteiger partial charge in [-0.25, -0.2) is 0 Å². The van der Waals surface area contributed by atoms with Gasteiger partial charge in [0.25, 0.3) is 0 Å². The van der Waals surface area contributed by atoms with E-state index in [2.05, 4.69) is 45.5 Å². The van der Waals surface area contributed by atoms with Gasteiger partial charge in [-0.3, -0.25) is 0 Å². The van der Waals surface area contributed by atoms with E-state index < -0.39 is 0 Å². The van der Waals surface area contributed by atoms with Gasteiger partial charge < -0.3 is 5.32 Å². The molecule has 14 heavy (non-hydrogen) atoms. The molecule has 1 heterocycles. The van der Waals surface area contributed by atoms with Gasteiger partial charge in [0.15, 0.2) is 0 Å². The Morgan fingerprint density at radius 1 is 1.29 bits per heavy atom. The number of nitrogens with one attached hydrogen (secondary N) is 1. The molecule has 1 aromatic rings. The minimum atomic E-state index is -0.168. The maximum atomic E-state index is 6.35. The van der Waals surface area contributed by atoms with E-state index in [9.17, 15) is 0 Å². The molecule has 1 unspecified atom stereocenters. The topological polar surface area (TPSA) is 12.0 Å². The smallest absolute Gasteiger partial charge is 0.0827 e. The third-order valence-corrected chi connectivity index (χ3v) is 3.36. The fraction of sp³-hybridized carbons (Fsp3) is 0.455. The van der Waals surface area contributed by atoms with E-state index in [1.807, 2.05) is 0 Å². The molecule has 1 aromatic carbocycles. The van der Waals surface area contributed by atoms with Crippen molar-refractivity contribution in [3.8, 4) is 0 Å². The minimum absolute atomic E-state index is 0.168.